The van der Waals surface area contributed by atoms with Gasteiger partial charge in [0.15, 0.2) is 12.6 Å². The number of carbonyl (C=O) groups is 1. The molecule has 22 nitrogen and oxygen atoms in total. The zero-order valence-electron chi connectivity index (χ0n) is 43.3. The lowest BCUT2D eigenvalue weighted by atomic mass is 9.92. The summed E-state index contributed by atoms with van der Waals surface area (Å²) in [5, 5.41) is 7.06. The number of benzene rings is 4. The van der Waals surface area contributed by atoms with E-state index >= 15 is 0 Å². The summed E-state index contributed by atoms with van der Waals surface area (Å²) >= 11 is 0.835. The minimum atomic E-state index is -1.56. The maximum Gasteiger partial charge on any atom is 0.373 e. The molecule has 3 aliphatic rings. The highest BCUT2D eigenvalue weighted by Crippen LogP contribution is 2.45. The third kappa shape index (κ3) is 14.5. The van der Waals surface area contributed by atoms with Crippen LogP contribution in [0.5, 0.6) is 23.0 Å². The van der Waals surface area contributed by atoms with Crippen LogP contribution in [-0.2, 0) is 71.9 Å². The van der Waals surface area contributed by atoms with Gasteiger partial charge in [-0.1, -0.05) is 70.9 Å². The second-order valence-electron chi connectivity index (χ2n) is 17.8. The average Bonchev–Trinajstić information content (AvgIpc) is 3.48. The van der Waals surface area contributed by atoms with Gasteiger partial charge in [0, 0.05) is 24.0 Å². The number of para-hydroxylation sites is 1. The molecule has 0 radical (unpaired) electrons. The molecule has 76 heavy (non-hydrogen) atoms. The van der Waals surface area contributed by atoms with Gasteiger partial charge in [-0.2, -0.15) is 0 Å². The molecule has 0 N–H and O–H groups in total. The Morgan fingerprint density at radius 2 is 1.13 bits per heavy atom. The van der Waals surface area contributed by atoms with Gasteiger partial charge in [-0.3, -0.25) is 0 Å². The quantitative estimate of drug-likeness (QED) is 0.0187. The van der Waals surface area contributed by atoms with Crippen molar-refractivity contribution in [3.63, 3.8) is 0 Å². The van der Waals surface area contributed by atoms with E-state index in [4.69, 9.17) is 71.1 Å². The van der Waals surface area contributed by atoms with Crippen LogP contribution in [0.25, 0.3) is 20.9 Å². The van der Waals surface area contributed by atoms with Crippen molar-refractivity contribution in [2.24, 2.45) is 10.2 Å². The molecule has 3 heterocycles. The zero-order chi connectivity index (χ0) is 54.1. The Bertz CT molecular complexity index is 2560. The lowest BCUT2D eigenvalue weighted by Gasteiger charge is -2.57. The van der Waals surface area contributed by atoms with Gasteiger partial charge in [0.25, 0.3) is 0 Å². The van der Waals surface area contributed by atoms with Crippen molar-refractivity contribution in [3.8, 4) is 23.0 Å². The fourth-order valence-corrected chi connectivity index (χ4v) is 9.30. The molecule has 3 aliphatic heterocycles. The van der Waals surface area contributed by atoms with Crippen molar-refractivity contribution in [1.29, 1.82) is 0 Å². The summed E-state index contributed by atoms with van der Waals surface area (Å²) in [4.78, 5) is 19.4. The molecule has 408 valence electrons. The van der Waals surface area contributed by atoms with Crippen LogP contribution in [0.15, 0.2) is 126 Å². The van der Waals surface area contributed by atoms with Gasteiger partial charge in [-0.25, -0.2) is 4.79 Å². The predicted molar refractivity (Wildman–Crippen MR) is 276 cm³/mol. The SMILES string of the molecule is C=CC(CO[C@@H]1O[C@H](CO[C@@H]2O[C@H](COCc3ccc(OC)cc3)[C@@H](OCc3ccc(OC)cc3)[C@H](OCc3ccc(OC)cc3)[C@H]2N=[N+]=[N-])[C@H]2O[C@](C)(OC)[C@@](C)(OC)O[C@@H]2[C@H]1N=[N+]=[N-])SC(=O)Oc1ccccc1. The third-order valence-electron chi connectivity index (χ3n) is 13.1. The van der Waals surface area contributed by atoms with Gasteiger partial charge >= 0.3 is 5.30 Å². The van der Waals surface area contributed by atoms with Gasteiger partial charge in [-0.05, 0) is 102 Å². The third-order valence-corrected chi connectivity index (χ3v) is 14.0. The molecule has 3 saturated heterocycles. The van der Waals surface area contributed by atoms with Crippen molar-refractivity contribution in [2.75, 3.05) is 55.4 Å². The summed E-state index contributed by atoms with van der Waals surface area (Å²) in [6, 6.07) is 28.4. The summed E-state index contributed by atoms with van der Waals surface area (Å²) in [6.45, 7) is 6.98. The van der Waals surface area contributed by atoms with Crippen LogP contribution in [0.3, 0.4) is 0 Å². The number of fused-ring (bicyclic) bond motifs is 1. The fraction of sp³-hybridized carbons (Fsp3) is 0.491. The molecule has 3 fully saturated rings. The van der Waals surface area contributed by atoms with Crippen LogP contribution >= 0.6 is 11.8 Å². The van der Waals surface area contributed by atoms with E-state index in [1.807, 2.05) is 72.8 Å². The summed E-state index contributed by atoms with van der Waals surface area (Å²) in [7, 11) is 7.61. The Labute approximate surface area is 445 Å². The van der Waals surface area contributed by atoms with E-state index in [1.54, 1.807) is 65.5 Å². The molecule has 13 atom stereocenters. The number of thioether (sulfide) groups is 1. The van der Waals surface area contributed by atoms with E-state index in [9.17, 15) is 15.9 Å². The number of methoxy groups -OCH3 is 5. The Hall–Kier alpha value is -5.98. The highest BCUT2D eigenvalue weighted by atomic mass is 32.2. The molecule has 7 rings (SSSR count). The minimum Gasteiger partial charge on any atom is -0.497 e. The van der Waals surface area contributed by atoms with Gasteiger partial charge < -0.3 is 71.1 Å². The lowest BCUT2D eigenvalue weighted by Crippen LogP contribution is -2.73. The second kappa shape index (κ2) is 27.9. The largest absolute Gasteiger partial charge is 0.497 e. The molecule has 0 amide bonds. The molecule has 23 heteroatoms. The Balaban J connectivity index is 1.19. The first kappa shape index (κ1) is 57.7. The minimum absolute atomic E-state index is 0.0287. The van der Waals surface area contributed by atoms with Crippen molar-refractivity contribution in [1.82, 2.24) is 0 Å². The molecule has 0 bridgehead atoms. The molecule has 0 aromatic heterocycles. The van der Waals surface area contributed by atoms with Crippen LogP contribution in [0.1, 0.15) is 30.5 Å². The van der Waals surface area contributed by atoms with Gasteiger partial charge in [0.2, 0.25) is 11.6 Å². The Kier molecular flexibility index (Phi) is 21.2. The zero-order valence-corrected chi connectivity index (χ0v) is 44.1. The molecule has 1 unspecified atom stereocenters. The maximum absolute atomic E-state index is 13.0. The summed E-state index contributed by atoms with van der Waals surface area (Å²) in [5.41, 5.74) is 22.6. The monoisotopic (exact) mass is 1070 g/mol. The molecule has 0 aliphatic carbocycles. The first-order valence-corrected chi connectivity index (χ1v) is 25.1. The first-order chi connectivity index (χ1) is 36.9. The highest BCUT2D eigenvalue weighted by Gasteiger charge is 2.63. The Morgan fingerprint density at radius 1 is 0.632 bits per heavy atom. The van der Waals surface area contributed by atoms with Gasteiger partial charge in [-0.15, -0.1) is 6.58 Å². The lowest BCUT2D eigenvalue weighted by molar-refractivity contribution is -0.472. The topological polar surface area (TPSA) is 253 Å². The molecule has 4 aromatic carbocycles. The van der Waals surface area contributed by atoms with E-state index < -0.39 is 83.4 Å². The molecule has 4 aromatic rings. The van der Waals surface area contributed by atoms with Crippen molar-refractivity contribution < 1.29 is 75.8 Å². The smallest absolute Gasteiger partial charge is 0.373 e. The van der Waals surface area contributed by atoms with E-state index in [-0.39, 0.29) is 39.6 Å². The van der Waals surface area contributed by atoms with Crippen molar-refractivity contribution >= 4 is 17.1 Å². The number of azide groups is 2. The standard InChI is InChI=1S/C53H64N6O16S/c1-9-40(76-51(60)71-39-13-11-10-12-14-39)30-69-50-44(57-59-55)48-46(74-52(2,64-7)53(3,65-8)75-48)42(73-50)32-70-49-43(56-58-54)47(68-29-35-19-25-38(63-6)26-20-35)45(67-28-34-17-23-37(62-5)24-18-34)41(72-49)31-66-27-33-15-21-36(61-4)22-16-33/h9-26,40-50H,1,27-32H2,2-8H3/t40?,41-,42-,43-,44-,45-,46-,47-,48-,49-,50-,52+,53+/m1/s1. The molecular weight excluding hydrogens is 1010 g/mol. The molecule has 0 spiro atoms. The first-order valence-electron chi connectivity index (χ1n) is 24.2. The van der Waals surface area contributed by atoms with E-state index in [2.05, 4.69) is 26.6 Å². The summed E-state index contributed by atoms with van der Waals surface area (Å²) in [5.74, 6) is -0.740. The molecular formula is C53H64N6O16S. The van der Waals surface area contributed by atoms with Gasteiger partial charge in [0.05, 0.1) is 66.2 Å². The predicted octanol–water partition coefficient (Wildman–Crippen LogP) is 9.24. The van der Waals surface area contributed by atoms with Crippen LogP contribution in [-0.4, -0.2) is 139 Å². The number of rotatable bonds is 26. The highest BCUT2D eigenvalue weighted by molar-refractivity contribution is 8.14. The average molecular weight is 1070 g/mol. The van der Waals surface area contributed by atoms with Crippen LogP contribution in [0.2, 0.25) is 0 Å². The fourth-order valence-electron chi connectivity index (χ4n) is 8.67. The van der Waals surface area contributed by atoms with Crippen LogP contribution < -0.4 is 18.9 Å². The van der Waals surface area contributed by atoms with Crippen LogP contribution in [0, 0.1) is 0 Å². The van der Waals surface area contributed by atoms with Crippen LogP contribution in [0.4, 0.5) is 4.79 Å². The number of hydrogen-bond acceptors (Lipinski definition) is 19. The van der Waals surface area contributed by atoms with Crippen molar-refractivity contribution in [2.45, 2.75) is 112 Å². The maximum atomic E-state index is 13.0. The van der Waals surface area contributed by atoms with E-state index in [0.29, 0.717) is 23.0 Å². The summed E-state index contributed by atoms with van der Waals surface area (Å²) in [6.07, 6.45) is -7.24. The van der Waals surface area contributed by atoms with E-state index in [1.165, 1.54) is 20.3 Å². The number of ether oxygens (including phenoxy) is 15. The molecule has 0 saturated carbocycles. The second-order valence-corrected chi connectivity index (χ2v) is 19.0. The Morgan fingerprint density at radius 3 is 1.66 bits per heavy atom. The van der Waals surface area contributed by atoms with Crippen molar-refractivity contribution in [3.05, 3.63) is 153 Å². The van der Waals surface area contributed by atoms with Gasteiger partial charge in [0.1, 0.15) is 71.7 Å². The normalized spacial score (nSPS) is 28.4. The number of hydrogen-bond donors (Lipinski definition) is 0. The van der Waals surface area contributed by atoms with E-state index in [0.717, 1.165) is 28.5 Å². The summed E-state index contributed by atoms with van der Waals surface area (Å²) < 4.78 is 92.9. The number of nitrogens with zero attached hydrogens (tertiary/aromatic N) is 6. The number of carbonyl (C=O) groups excluding carboxylic acids is 1.